The Morgan fingerprint density at radius 1 is 1.14 bits per heavy atom. The van der Waals surface area contributed by atoms with Crippen LogP contribution in [0.15, 0.2) is 42.5 Å². The van der Waals surface area contributed by atoms with Crippen molar-refractivity contribution in [1.29, 1.82) is 0 Å². The van der Waals surface area contributed by atoms with Crippen LogP contribution in [0, 0.1) is 17.8 Å². The molecule has 1 heterocycles. The summed E-state index contributed by atoms with van der Waals surface area (Å²) in [5.41, 5.74) is 3.60. The molecule has 5 nitrogen and oxygen atoms in total. The van der Waals surface area contributed by atoms with Gasteiger partial charge in [0, 0.05) is 25.0 Å². The number of phenolic OH excluding ortho intramolecular Hbond substituents is 2. The van der Waals surface area contributed by atoms with Crippen LogP contribution in [0.5, 0.6) is 11.5 Å². The van der Waals surface area contributed by atoms with E-state index in [1.165, 1.54) is 16.7 Å². The summed E-state index contributed by atoms with van der Waals surface area (Å²) in [7, 11) is 0. The zero-order valence-electron chi connectivity index (χ0n) is 21.5. The van der Waals surface area contributed by atoms with Crippen molar-refractivity contribution in [2.75, 3.05) is 19.6 Å². The number of phenols is 2. The van der Waals surface area contributed by atoms with E-state index in [9.17, 15) is 15.0 Å². The first kappa shape index (κ1) is 27.3. The minimum absolute atomic E-state index is 0. The quantitative estimate of drug-likeness (QED) is 0.518. The van der Waals surface area contributed by atoms with Gasteiger partial charge in [0.1, 0.15) is 11.5 Å². The van der Waals surface area contributed by atoms with Crippen molar-refractivity contribution in [3.8, 4) is 11.5 Å². The van der Waals surface area contributed by atoms with Gasteiger partial charge in [-0.25, -0.2) is 0 Å². The lowest BCUT2D eigenvalue weighted by atomic mass is 9.68. The van der Waals surface area contributed by atoms with Gasteiger partial charge in [-0.05, 0) is 90.4 Å². The zero-order valence-corrected chi connectivity index (χ0v) is 22.3. The van der Waals surface area contributed by atoms with Crippen molar-refractivity contribution in [2.45, 2.75) is 64.8 Å². The highest BCUT2D eigenvalue weighted by Crippen LogP contribution is 2.40. The predicted octanol–water partition coefficient (Wildman–Crippen LogP) is 5.07. The molecule has 4 rings (SSSR count). The van der Waals surface area contributed by atoms with Crippen LogP contribution in [0.2, 0.25) is 0 Å². The van der Waals surface area contributed by atoms with Crippen LogP contribution in [0.4, 0.5) is 0 Å². The normalized spacial score (nSPS) is 25.4. The highest BCUT2D eigenvalue weighted by molar-refractivity contribution is 5.85. The van der Waals surface area contributed by atoms with Gasteiger partial charge in [0.25, 0.3) is 0 Å². The molecule has 1 fully saturated rings. The fourth-order valence-electron chi connectivity index (χ4n) is 5.74. The van der Waals surface area contributed by atoms with E-state index < -0.39 is 0 Å². The third-order valence-corrected chi connectivity index (χ3v) is 8.45. The van der Waals surface area contributed by atoms with Gasteiger partial charge < -0.3 is 20.4 Å². The molecular formula is C29H41ClN2O3. The number of piperidine rings is 1. The van der Waals surface area contributed by atoms with Crippen LogP contribution in [0.25, 0.3) is 0 Å². The zero-order chi connectivity index (χ0) is 24.5. The molecule has 1 aliphatic heterocycles. The fourth-order valence-corrected chi connectivity index (χ4v) is 5.74. The highest BCUT2D eigenvalue weighted by Gasteiger charge is 2.39. The van der Waals surface area contributed by atoms with Gasteiger partial charge in [0.05, 0.1) is 0 Å². The molecule has 0 unspecified atom stereocenters. The van der Waals surface area contributed by atoms with Gasteiger partial charge in [-0.1, -0.05) is 45.9 Å². The number of hydrogen-bond acceptors (Lipinski definition) is 4. The number of rotatable bonds is 6. The number of halogens is 1. The Labute approximate surface area is 216 Å². The largest absolute Gasteiger partial charge is 0.508 e. The van der Waals surface area contributed by atoms with E-state index in [1.54, 1.807) is 12.1 Å². The molecule has 3 N–H and O–H groups in total. The van der Waals surface area contributed by atoms with Gasteiger partial charge in [0.15, 0.2) is 0 Å². The number of benzene rings is 2. The summed E-state index contributed by atoms with van der Waals surface area (Å²) in [6, 6.07) is 13.3. The van der Waals surface area contributed by atoms with Crippen molar-refractivity contribution in [2.24, 2.45) is 17.8 Å². The second-order valence-electron chi connectivity index (χ2n) is 11.1. The molecule has 0 spiro atoms. The van der Waals surface area contributed by atoms with E-state index >= 15 is 0 Å². The first-order valence-electron chi connectivity index (χ1n) is 12.8. The predicted molar refractivity (Wildman–Crippen MR) is 143 cm³/mol. The minimum Gasteiger partial charge on any atom is -0.508 e. The van der Waals surface area contributed by atoms with Crippen LogP contribution in [0.1, 0.15) is 57.2 Å². The van der Waals surface area contributed by atoms with E-state index in [2.05, 4.69) is 44.0 Å². The molecule has 6 heteroatoms. The van der Waals surface area contributed by atoms with Gasteiger partial charge >= 0.3 is 0 Å². The van der Waals surface area contributed by atoms with Crippen molar-refractivity contribution in [1.82, 2.24) is 10.2 Å². The molecule has 0 aromatic heterocycles. The highest BCUT2D eigenvalue weighted by atomic mass is 35.5. The Morgan fingerprint density at radius 3 is 2.57 bits per heavy atom. The number of likely N-dealkylation sites (tertiary alicyclic amines) is 1. The number of amides is 1. The second kappa shape index (κ2) is 11.2. The molecule has 1 amide bonds. The van der Waals surface area contributed by atoms with Crippen molar-refractivity contribution < 1.29 is 15.0 Å². The monoisotopic (exact) mass is 500 g/mol. The Hall–Kier alpha value is -2.24. The summed E-state index contributed by atoms with van der Waals surface area (Å²) in [5, 5.41) is 23.1. The molecular weight excluding hydrogens is 460 g/mol. The summed E-state index contributed by atoms with van der Waals surface area (Å²) in [6.07, 6.45) is 3.44. The lowest BCUT2D eigenvalue weighted by molar-refractivity contribution is -0.126. The topological polar surface area (TPSA) is 72.8 Å². The van der Waals surface area contributed by atoms with Gasteiger partial charge in [-0.2, -0.15) is 0 Å². The fraction of sp³-hybridized carbons (Fsp3) is 0.552. The van der Waals surface area contributed by atoms with E-state index in [-0.39, 0.29) is 35.7 Å². The average molecular weight is 501 g/mol. The summed E-state index contributed by atoms with van der Waals surface area (Å²) >= 11 is 0. The van der Waals surface area contributed by atoms with Crippen LogP contribution >= 0.6 is 12.4 Å². The molecule has 2 aromatic rings. The molecule has 35 heavy (non-hydrogen) atoms. The Morgan fingerprint density at radius 2 is 1.89 bits per heavy atom. The number of carbonyl (C=O) groups is 1. The Kier molecular flexibility index (Phi) is 8.76. The Balaban J connectivity index is 0.00000342. The van der Waals surface area contributed by atoms with Crippen LogP contribution in [-0.4, -0.2) is 46.7 Å². The molecule has 192 valence electrons. The molecule has 1 aliphatic carbocycles. The van der Waals surface area contributed by atoms with Crippen LogP contribution < -0.4 is 5.32 Å². The summed E-state index contributed by atoms with van der Waals surface area (Å²) in [6.45, 7) is 11.8. The van der Waals surface area contributed by atoms with Crippen molar-refractivity contribution in [3.05, 3.63) is 59.2 Å². The number of hydrogen-bond donors (Lipinski definition) is 3. The third kappa shape index (κ3) is 6.13. The molecule has 1 saturated heterocycles. The maximum absolute atomic E-state index is 13.2. The van der Waals surface area contributed by atoms with Crippen LogP contribution in [-0.2, 0) is 23.1 Å². The summed E-state index contributed by atoms with van der Waals surface area (Å²) in [5.74, 6) is 1.58. The summed E-state index contributed by atoms with van der Waals surface area (Å²) < 4.78 is 0. The van der Waals surface area contributed by atoms with Gasteiger partial charge in [0.2, 0.25) is 5.91 Å². The van der Waals surface area contributed by atoms with E-state index in [0.29, 0.717) is 23.3 Å². The van der Waals surface area contributed by atoms with E-state index in [0.717, 1.165) is 45.3 Å². The lowest BCUT2D eigenvalue weighted by Crippen LogP contribution is -2.54. The first-order valence-corrected chi connectivity index (χ1v) is 12.8. The lowest BCUT2D eigenvalue weighted by Gasteiger charge is -2.46. The average Bonchev–Trinajstić information content (AvgIpc) is 2.80. The number of fused-ring (bicyclic) bond motifs is 1. The van der Waals surface area contributed by atoms with Crippen LogP contribution in [0.3, 0.4) is 0 Å². The standard InChI is InChI=1S/C29H40N2O3.ClH/c1-19(2)27(30-28(34)23-9-8-22-15-26(33)11-10-21(22)14-23)18-31-13-12-29(4,20(3)17-31)24-6-5-7-25(32)16-24;/h5-7,10-11,15-16,19-20,23,27,32-33H,8-9,12-14,17-18H2,1-4H3,(H,30,34);1H/t20-,23+,27+,29+;/m0./s1. The first-order chi connectivity index (χ1) is 16.2. The van der Waals surface area contributed by atoms with Crippen molar-refractivity contribution in [3.63, 3.8) is 0 Å². The Bertz CT molecular complexity index is 1030. The number of carbonyl (C=O) groups excluding carboxylic acids is 1. The molecule has 0 bridgehead atoms. The number of nitrogens with one attached hydrogen (secondary N) is 1. The molecule has 2 aliphatic rings. The van der Waals surface area contributed by atoms with Gasteiger partial charge in [-0.3, -0.25) is 4.79 Å². The minimum atomic E-state index is -0.00683. The van der Waals surface area contributed by atoms with Crippen molar-refractivity contribution >= 4 is 18.3 Å². The molecule has 4 atom stereocenters. The second-order valence-corrected chi connectivity index (χ2v) is 11.1. The smallest absolute Gasteiger partial charge is 0.223 e. The maximum Gasteiger partial charge on any atom is 0.223 e. The summed E-state index contributed by atoms with van der Waals surface area (Å²) in [4.78, 5) is 15.7. The molecule has 2 aromatic carbocycles. The molecule has 0 saturated carbocycles. The SMILES string of the molecule is CC(C)[C@@H](CN1CC[C@@](C)(c2cccc(O)c2)[C@@H](C)C1)NC(=O)[C@@H]1CCc2cc(O)ccc2C1.Cl. The maximum atomic E-state index is 13.2. The molecule has 0 radical (unpaired) electrons. The van der Waals surface area contributed by atoms with E-state index in [1.807, 2.05) is 24.3 Å². The van der Waals surface area contributed by atoms with Gasteiger partial charge in [-0.15, -0.1) is 12.4 Å². The number of nitrogens with zero attached hydrogens (tertiary/aromatic N) is 1. The third-order valence-electron chi connectivity index (χ3n) is 8.45. The number of aryl methyl sites for hydroxylation is 1. The number of aromatic hydroxyl groups is 2. The van der Waals surface area contributed by atoms with E-state index in [4.69, 9.17) is 0 Å².